The lowest BCUT2D eigenvalue weighted by Gasteiger charge is -2.24. The van der Waals surface area contributed by atoms with E-state index < -0.39 is 0 Å². The van der Waals surface area contributed by atoms with E-state index in [0.717, 1.165) is 13.1 Å². The highest BCUT2D eigenvalue weighted by Crippen LogP contribution is 2.25. The number of nitrogens with two attached hydrogens (primary N) is 1. The Hall–Kier alpha value is -0.860. The topological polar surface area (TPSA) is 38.0 Å². The van der Waals surface area contributed by atoms with Crippen molar-refractivity contribution in [2.75, 3.05) is 19.6 Å². The molecule has 2 heteroatoms. The summed E-state index contributed by atoms with van der Waals surface area (Å²) in [5, 5.41) is 3.47. The maximum absolute atomic E-state index is 5.72. The molecule has 1 aliphatic heterocycles. The Morgan fingerprint density at radius 3 is 3.06 bits per heavy atom. The van der Waals surface area contributed by atoms with Crippen molar-refractivity contribution >= 4 is 0 Å². The smallest absolute Gasteiger partial charge is 0.00201 e. The predicted molar refractivity (Wildman–Crippen MR) is 68.8 cm³/mol. The Kier molecular flexibility index (Phi) is 3.97. The second kappa shape index (κ2) is 5.46. The molecule has 2 unspecified atom stereocenters. The Balaban J connectivity index is 2.14. The highest BCUT2D eigenvalue weighted by atomic mass is 14.9. The fourth-order valence-electron chi connectivity index (χ4n) is 2.39. The summed E-state index contributed by atoms with van der Waals surface area (Å²) >= 11 is 0. The van der Waals surface area contributed by atoms with Crippen LogP contribution in [0.5, 0.6) is 0 Å². The second-order valence-corrected chi connectivity index (χ2v) is 4.85. The summed E-state index contributed by atoms with van der Waals surface area (Å²) in [6, 6.07) is 8.96. The molecule has 0 saturated carbocycles. The molecule has 0 aliphatic carbocycles. The average Bonchev–Trinajstić information content (AvgIpc) is 2.39. The van der Waals surface area contributed by atoms with Crippen LogP contribution in [0.25, 0.3) is 0 Å². The number of benzene rings is 1. The third-order valence-electron chi connectivity index (χ3n) is 3.60. The molecule has 1 heterocycles. The molecule has 0 bridgehead atoms. The third-order valence-corrected chi connectivity index (χ3v) is 3.60. The molecule has 2 nitrogen and oxygen atoms in total. The minimum atomic E-state index is 0.469. The van der Waals surface area contributed by atoms with Gasteiger partial charge in [0.1, 0.15) is 0 Å². The third kappa shape index (κ3) is 2.63. The van der Waals surface area contributed by atoms with Gasteiger partial charge in [0.2, 0.25) is 0 Å². The van der Waals surface area contributed by atoms with Crippen molar-refractivity contribution in [3.05, 3.63) is 35.4 Å². The van der Waals surface area contributed by atoms with Gasteiger partial charge in [-0.25, -0.2) is 0 Å². The number of hydrogen-bond donors (Lipinski definition) is 2. The highest BCUT2D eigenvalue weighted by Gasteiger charge is 2.15. The molecule has 2 atom stereocenters. The van der Waals surface area contributed by atoms with Crippen LogP contribution in [0, 0.1) is 0 Å². The molecule has 2 rings (SSSR count). The molecule has 1 saturated heterocycles. The van der Waals surface area contributed by atoms with Crippen LogP contribution in [0.3, 0.4) is 0 Å². The minimum Gasteiger partial charge on any atom is -0.330 e. The van der Waals surface area contributed by atoms with E-state index in [9.17, 15) is 0 Å². The Bertz CT molecular complexity index is 329. The summed E-state index contributed by atoms with van der Waals surface area (Å²) in [5.74, 6) is 1.16. The van der Waals surface area contributed by atoms with E-state index in [4.69, 9.17) is 5.73 Å². The van der Waals surface area contributed by atoms with Gasteiger partial charge in [-0.05, 0) is 48.9 Å². The van der Waals surface area contributed by atoms with Crippen LogP contribution in [-0.2, 0) is 0 Å². The summed E-state index contributed by atoms with van der Waals surface area (Å²) in [7, 11) is 0. The van der Waals surface area contributed by atoms with Crippen LogP contribution in [0.4, 0.5) is 0 Å². The lowest BCUT2D eigenvalue weighted by atomic mass is 9.89. The first-order valence-electron chi connectivity index (χ1n) is 6.32. The lowest BCUT2D eigenvalue weighted by Crippen LogP contribution is -2.28. The second-order valence-electron chi connectivity index (χ2n) is 4.85. The molecule has 1 fully saturated rings. The van der Waals surface area contributed by atoms with Crippen LogP contribution < -0.4 is 11.1 Å². The zero-order chi connectivity index (χ0) is 11.4. The van der Waals surface area contributed by atoms with Crippen LogP contribution in [0.2, 0.25) is 0 Å². The van der Waals surface area contributed by atoms with Gasteiger partial charge >= 0.3 is 0 Å². The fourth-order valence-corrected chi connectivity index (χ4v) is 2.39. The highest BCUT2D eigenvalue weighted by molar-refractivity contribution is 5.29. The standard InChI is InChI=1S/C14H22N2/c1-11(9-15)12-4-2-5-13(8-12)14-6-3-7-16-10-14/h2,4-5,8,11,14,16H,3,6-7,9-10,15H2,1H3. The predicted octanol–water partition coefficient (Wildman–Crippen LogP) is 2.22. The van der Waals surface area contributed by atoms with Gasteiger partial charge in [0.25, 0.3) is 0 Å². The molecule has 1 aromatic carbocycles. The van der Waals surface area contributed by atoms with Crippen LogP contribution in [-0.4, -0.2) is 19.6 Å². The number of piperidine rings is 1. The summed E-state index contributed by atoms with van der Waals surface area (Å²) in [6.45, 7) is 5.22. The molecule has 88 valence electrons. The van der Waals surface area contributed by atoms with Crippen molar-refractivity contribution in [1.29, 1.82) is 0 Å². The Morgan fingerprint density at radius 1 is 1.50 bits per heavy atom. The fraction of sp³-hybridized carbons (Fsp3) is 0.571. The Morgan fingerprint density at radius 2 is 2.38 bits per heavy atom. The van der Waals surface area contributed by atoms with E-state index >= 15 is 0 Å². The zero-order valence-corrected chi connectivity index (χ0v) is 10.1. The van der Waals surface area contributed by atoms with Crippen molar-refractivity contribution in [2.45, 2.75) is 31.6 Å². The summed E-state index contributed by atoms with van der Waals surface area (Å²) in [4.78, 5) is 0. The first-order chi connectivity index (χ1) is 7.81. The van der Waals surface area contributed by atoms with Gasteiger partial charge in [-0.3, -0.25) is 0 Å². The van der Waals surface area contributed by atoms with Crippen molar-refractivity contribution in [3.8, 4) is 0 Å². The summed E-state index contributed by atoms with van der Waals surface area (Å²) in [5.41, 5.74) is 8.58. The SMILES string of the molecule is CC(CN)c1cccc(C2CCCNC2)c1. The molecule has 1 aromatic rings. The molecule has 1 aliphatic rings. The van der Waals surface area contributed by atoms with Gasteiger partial charge in [-0.15, -0.1) is 0 Å². The zero-order valence-electron chi connectivity index (χ0n) is 10.1. The molecule has 0 aromatic heterocycles. The van der Waals surface area contributed by atoms with Gasteiger partial charge < -0.3 is 11.1 Å². The van der Waals surface area contributed by atoms with E-state index in [1.807, 2.05) is 0 Å². The maximum Gasteiger partial charge on any atom is 0.00201 e. The summed E-state index contributed by atoms with van der Waals surface area (Å²) < 4.78 is 0. The van der Waals surface area contributed by atoms with E-state index in [1.54, 1.807) is 0 Å². The van der Waals surface area contributed by atoms with Crippen molar-refractivity contribution in [3.63, 3.8) is 0 Å². The molecule has 0 amide bonds. The van der Waals surface area contributed by atoms with Crippen LogP contribution in [0.1, 0.15) is 42.7 Å². The van der Waals surface area contributed by atoms with Gasteiger partial charge in [-0.2, -0.15) is 0 Å². The Labute approximate surface area is 98.2 Å². The maximum atomic E-state index is 5.72. The minimum absolute atomic E-state index is 0.469. The van der Waals surface area contributed by atoms with Gasteiger partial charge in [-0.1, -0.05) is 31.2 Å². The number of nitrogens with one attached hydrogen (secondary N) is 1. The molecule has 0 radical (unpaired) electrons. The lowest BCUT2D eigenvalue weighted by molar-refractivity contribution is 0.461. The number of rotatable bonds is 3. The van der Waals surface area contributed by atoms with Crippen molar-refractivity contribution in [2.24, 2.45) is 5.73 Å². The van der Waals surface area contributed by atoms with Gasteiger partial charge in [0, 0.05) is 6.54 Å². The quantitative estimate of drug-likeness (QED) is 0.816. The largest absolute Gasteiger partial charge is 0.330 e. The number of hydrogen-bond acceptors (Lipinski definition) is 2. The van der Waals surface area contributed by atoms with Crippen molar-refractivity contribution in [1.82, 2.24) is 5.32 Å². The van der Waals surface area contributed by atoms with Gasteiger partial charge in [0.15, 0.2) is 0 Å². The van der Waals surface area contributed by atoms with Gasteiger partial charge in [0.05, 0.1) is 0 Å². The monoisotopic (exact) mass is 218 g/mol. The van der Waals surface area contributed by atoms with Crippen LogP contribution in [0.15, 0.2) is 24.3 Å². The normalized spacial score (nSPS) is 23.0. The molecule has 16 heavy (non-hydrogen) atoms. The van der Waals surface area contributed by atoms with E-state index in [-0.39, 0.29) is 0 Å². The molecule has 3 N–H and O–H groups in total. The molecular weight excluding hydrogens is 196 g/mol. The van der Waals surface area contributed by atoms with Crippen molar-refractivity contribution < 1.29 is 0 Å². The van der Waals surface area contributed by atoms with E-state index in [1.165, 1.54) is 30.5 Å². The van der Waals surface area contributed by atoms with Crippen LogP contribution >= 0.6 is 0 Å². The molecule has 0 spiro atoms. The van der Waals surface area contributed by atoms with E-state index in [0.29, 0.717) is 11.8 Å². The average molecular weight is 218 g/mol. The van der Waals surface area contributed by atoms with E-state index in [2.05, 4.69) is 36.5 Å². The molecular formula is C14H22N2. The first kappa shape index (κ1) is 11.6. The summed E-state index contributed by atoms with van der Waals surface area (Å²) in [6.07, 6.45) is 2.61. The first-order valence-corrected chi connectivity index (χ1v) is 6.32.